The first kappa shape index (κ1) is 24.8. The highest BCUT2D eigenvalue weighted by atomic mass is 16.7. The van der Waals surface area contributed by atoms with Crippen LogP contribution in [0, 0.1) is 11.8 Å². The summed E-state index contributed by atoms with van der Waals surface area (Å²) in [6, 6.07) is 1.51. The summed E-state index contributed by atoms with van der Waals surface area (Å²) in [5, 5.41) is 42.6. The van der Waals surface area contributed by atoms with Crippen LogP contribution in [0.25, 0.3) is 0 Å². The van der Waals surface area contributed by atoms with E-state index in [1.165, 1.54) is 13.2 Å². The second-order valence-electron chi connectivity index (χ2n) is 9.32. The van der Waals surface area contributed by atoms with Crippen LogP contribution >= 0.6 is 0 Å². The fourth-order valence-electron chi connectivity index (χ4n) is 4.94. The molecular formula is C24H36O8. The molecule has 8 nitrogen and oxygen atoms in total. The highest BCUT2D eigenvalue weighted by Crippen LogP contribution is 2.51. The highest BCUT2D eigenvalue weighted by Gasteiger charge is 2.68. The Morgan fingerprint density at radius 3 is 2.44 bits per heavy atom. The molecule has 180 valence electrons. The molecule has 0 amide bonds. The Hall–Kier alpha value is -1.87. The van der Waals surface area contributed by atoms with Crippen LogP contribution in [0.5, 0.6) is 17.2 Å². The number of ketones is 1. The largest absolute Gasteiger partial charge is 0.504 e. The van der Waals surface area contributed by atoms with Gasteiger partial charge in [-0.2, -0.15) is 0 Å². The van der Waals surface area contributed by atoms with E-state index in [1.807, 2.05) is 27.7 Å². The third-order valence-electron chi connectivity index (χ3n) is 6.62. The lowest BCUT2D eigenvalue weighted by molar-refractivity contribution is -0.239. The van der Waals surface area contributed by atoms with E-state index in [4.69, 9.17) is 14.2 Å². The molecule has 8 heteroatoms. The lowest BCUT2D eigenvalue weighted by atomic mass is 9.80. The van der Waals surface area contributed by atoms with Crippen molar-refractivity contribution in [3.8, 4) is 17.2 Å². The number of epoxide rings is 1. The molecule has 2 heterocycles. The Bertz CT molecular complexity index is 824. The molecule has 0 bridgehead atoms. The molecule has 0 aliphatic carbocycles. The topological polar surface area (TPSA) is 129 Å². The second-order valence-corrected chi connectivity index (χ2v) is 9.32. The molecule has 2 fully saturated rings. The van der Waals surface area contributed by atoms with E-state index in [9.17, 15) is 25.2 Å². The van der Waals surface area contributed by atoms with Crippen molar-refractivity contribution < 1.29 is 39.4 Å². The van der Waals surface area contributed by atoms with E-state index in [1.54, 1.807) is 0 Å². The molecule has 0 radical (unpaired) electrons. The van der Waals surface area contributed by atoms with Gasteiger partial charge in [0.25, 0.3) is 0 Å². The molecule has 2 saturated heterocycles. The molecular weight excluding hydrogens is 416 g/mol. The number of phenolic OH excluding ortho intramolecular Hbond substituents is 2. The van der Waals surface area contributed by atoms with Gasteiger partial charge in [-0.1, -0.05) is 34.1 Å². The minimum Gasteiger partial charge on any atom is -0.504 e. The normalized spacial score (nSPS) is 30.5. The zero-order valence-electron chi connectivity index (χ0n) is 19.5. The quantitative estimate of drug-likeness (QED) is 0.332. The molecule has 3 rings (SSSR count). The van der Waals surface area contributed by atoms with E-state index in [0.717, 1.165) is 0 Å². The van der Waals surface area contributed by atoms with Gasteiger partial charge in [0.2, 0.25) is 5.75 Å². The summed E-state index contributed by atoms with van der Waals surface area (Å²) >= 11 is 0. The first-order valence-corrected chi connectivity index (χ1v) is 11.5. The Morgan fingerprint density at radius 1 is 1.25 bits per heavy atom. The number of Topliss-reactive ketones (excluding diaryl/α,β-unsaturated/α-hetero) is 1. The predicted octanol–water partition coefficient (Wildman–Crippen LogP) is 2.92. The van der Waals surface area contributed by atoms with Crippen LogP contribution in [0.1, 0.15) is 69.3 Å². The number of carbonyl (C=O) groups is 1. The van der Waals surface area contributed by atoms with Gasteiger partial charge in [0.15, 0.2) is 29.2 Å². The lowest BCUT2D eigenvalue weighted by Crippen LogP contribution is -2.55. The summed E-state index contributed by atoms with van der Waals surface area (Å²) in [7, 11) is 1.32. The van der Waals surface area contributed by atoms with Crippen molar-refractivity contribution in [2.75, 3.05) is 7.11 Å². The number of rotatable bonds is 9. The van der Waals surface area contributed by atoms with Crippen LogP contribution < -0.4 is 4.74 Å². The molecule has 2 aliphatic heterocycles. The summed E-state index contributed by atoms with van der Waals surface area (Å²) in [6.07, 6.45) is -0.951. The van der Waals surface area contributed by atoms with Gasteiger partial charge < -0.3 is 34.6 Å². The standard InChI is InChI=1S/C24H36O8/c1-6-8-14(16-11-17(25)24(23(29)31-16)18(7-2)32-24)20(27)15-10-13(9-12(3)4)19(26)22(30-5)21(15)28/h10,12,14,16-18,23,25-26,28-29H,6-9,11H2,1-5H3/t14?,16-,17-,18-,23-,24?/m1/s1. The zero-order chi connectivity index (χ0) is 23.8. The van der Waals surface area contributed by atoms with E-state index < -0.39 is 35.8 Å². The second kappa shape index (κ2) is 9.55. The first-order chi connectivity index (χ1) is 15.1. The van der Waals surface area contributed by atoms with E-state index >= 15 is 0 Å². The van der Waals surface area contributed by atoms with Crippen molar-refractivity contribution in [2.45, 2.75) is 90.0 Å². The van der Waals surface area contributed by atoms with Crippen molar-refractivity contribution in [2.24, 2.45) is 11.8 Å². The molecule has 1 spiro atoms. The number of hydrogen-bond donors (Lipinski definition) is 4. The minimum absolute atomic E-state index is 0.0377. The lowest BCUT2D eigenvalue weighted by Gasteiger charge is -2.39. The maximum atomic E-state index is 13.6. The van der Waals surface area contributed by atoms with Gasteiger partial charge in [-0.15, -0.1) is 0 Å². The molecule has 32 heavy (non-hydrogen) atoms. The van der Waals surface area contributed by atoms with Gasteiger partial charge in [-0.3, -0.25) is 4.79 Å². The van der Waals surface area contributed by atoms with E-state index in [0.29, 0.717) is 31.2 Å². The molecule has 2 unspecified atom stereocenters. The molecule has 6 atom stereocenters. The van der Waals surface area contributed by atoms with Crippen molar-refractivity contribution in [3.63, 3.8) is 0 Å². The van der Waals surface area contributed by atoms with Gasteiger partial charge in [-0.05, 0) is 36.8 Å². The van der Waals surface area contributed by atoms with Crippen LogP contribution in [0.4, 0.5) is 0 Å². The maximum Gasteiger partial charge on any atom is 0.203 e. The molecule has 2 aliphatic rings. The zero-order valence-corrected chi connectivity index (χ0v) is 19.5. The summed E-state index contributed by atoms with van der Waals surface area (Å²) in [6.45, 7) is 7.80. The van der Waals surface area contributed by atoms with Crippen molar-refractivity contribution in [1.82, 2.24) is 0 Å². The predicted molar refractivity (Wildman–Crippen MR) is 117 cm³/mol. The highest BCUT2D eigenvalue weighted by molar-refractivity contribution is 6.02. The monoisotopic (exact) mass is 452 g/mol. The number of hydrogen-bond acceptors (Lipinski definition) is 8. The third kappa shape index (κ3) is 4.21. The van der Waals surface area contributed by atoms with Crippen LogP contribution in [0.3, 0.4) is 0 Å². The Kier molecular flexibility index (Phi) is 7.39. The minimum atomic E-state index is -1.34. The smallest absolute Gasteiger partial charge is 0.203 e. The molecule has 0 aromatic heterocycles. The summed E-state index contributed by atoms with van der Waals surface area (Å²) < 4.78 is 16.6. The van der Waals surface area contributed by atoms with Crippen LogP contribution in [0.15, 0.2) is 6.07 Å². The average Bonchev–Trinajstić information content (AvgIpc) is 3.48. The number of phenols is 2. The summed E-state index contributed by atoms with van der Waals surface area (Å²) in [4.78, 5) is 13.6. The third-order valence-corrected chi connectivity index (χ3v) is 6.62. The average molecular weight is 453 g/mol. The Morgan fingerprint density at radius 2 is 1.94 bits per heavy atom. The van der Waals surface area contributed by atoms with Gasteiger partial charge >= 0.3 is 0 Å². The Labute approximate surface area is 189 Å². The number of carbonyl (C=O) groups excluding carboxylic acids is 1. The number of aromatic hydroxyl groups is 2. The van der Waals surface area contributed by atoms with Gasteiger partial charge in [0, 0.05) is 12.3 Å². The number of benzene rings is 1. The molecule has 0 saturated carbocycles. The summed E-state index contributed by atoms with van der Waals surface area (Å²) in [5.41, 5.74) is -0.580. The van der Waals surface area contributed by atoms with Crippen molar-refractivity contribution in [3.05, 3.63) is 17.2 Å². The Balaban J connectivity index is 1.93. The fourth-order valence-corrected chi connectivity index (χ4v) is 4.94. The molecule has 4 N–H and O–H groups in total. The molecule has 1 aromatic rings. The van der Waals surface area contributed by atoms with Crippen molar-refractivity contribution >= 4 is 5.78 Å². The van der Waals surface area contributed by atoms with Crippen molar-refractivity contribution in [1.29, 1.82) is 0 Å². The van der Waals surface area contributed by atoms with Crippen LogP contribution in [0.2, 0.25) is 0 Å². The van der Waals surface area contributed by atoms with Gasteiger partial charge in [-0.25, -0.2) is 0 Å². The van der Waals surface area contributed by atoms with Gasteiger partial charge in [0.05, 0.1) is 31.0 Å². The van der Waals surface area contributed by atoms with E-state index in [2.05, 4.69) is 0 Å². The SMILES string of the molecule is CCCC(C(=O)c1cc(CC(C)C)c(O)c(OC)c1O)[C@H]1C[C@@H](O)C2(O[C@@H]2CC)[C@H](O)O1. The number of aliphatic hydroxyl groups is 2. The van der Waals surface area contributed by atoms with Gasteiger partial charge in [0.1, 0.15) is 0 Å². The summed E-state index contributed by atoms with van der Waals surface area (Å²) in [5.74, 6) is -1.61. The van der Waals surface area contributed by atoms with Crippen LogP contribution in [-0.2, 0) is 15.9 Å². The number of methoxy groups -OCH3 is 1. The number of ether oxygens (including phenoxy) is 3. The molecule has 1 aromatic carbocycles. The number of aliphatic hydroxyl groups excluding tert-OH is 2. The van der Waals surface area contributed by atoms with E-state index in [-0.39, 0.29) is 41.3 Å². The van der Waals surface area contributed by atoms with Crippen LogP contribution in [-0.4, -0.2) is 63.5 Å². The fraction of sp³-hybridized carbons (Fsp3) is 0.708. The maximum absolute atomic E-state index is 13.6. The first-order valence-electron chi connectivity index (χ1n) is 11.5.